The van der Waals surface area contributed by atoms with Crippen LogP contribution in [-0.4, -0.2) is 47.3 Å². The van der Waals surface area contributed by atoms with E-state index < -0.39 is 0 Å². The fraction of sp³-hybridized carbons (Fsp3) is 0.500. The summed E-state index contributed by atoms with van der Waals surface area (Å²) in [5.74, 6) is 0. The third-order valence-electron chi connectivity index (χ3n) is 4.97. The summed E-state index contributed by atoms with van der Waals surface area (Å²) in [6.45, 7) is 1.61. The molecule has 5 heteroatoms. The number of urea groups is 1. The number of benzene rings is 1. The second-order valence-electron chi connectivity index (χ2n) is 6.52. The molecule has 1 N–H and O–H groups in total. The van der Waals surface area contributed by atoms with Crippen molar-refractivity contribution in [2.24, 2.45) is 0 Å². The van der Waals surface area contributed by atoms with E-state index in [0.29, 0.717) is 0 Å². The zero-order valence-corrected chi connectivity index (χ0v) is 13.2. The molecule has 4 aliphatic rings. The van der Waals surface area contributed by atoms with Crippen LogP contribution in [0.25, 0.3) is 0 Å². The Kier molecular flexibility index (Phi) is 3.95. The first-order chi connectivity index (χ1) is 11.3. The lowest BCUT2D eigenvalue weighted by molar-refractivity contribution is -0.201. The van der Waals surface area contributed by atoms with E-state index in [-0.39, 0.29) is 24.2 Å². The highest BCUT2D eigenvalue weighted by Gasteiger charge is 2.39. The van der Waals surface area contributed by atoms with E-state index in [2.05, 4.69) is 29.6 Å². The average Bonchev–Trinajstić information content (AvgIpc) is 3.10. The largest absolute Gasteiger partial charge is 0.383 e. The Morgan fingerprint density at radius 3 is 2.74 bits per heavy atom. The maximum Gasteiger partial charge on any atom is 0.344 e. The average molecular weight is 313 g/mol. The molecule has 3 aliphatic heterocycles. The Hall–Kier alpha value is -2.01. The van der Waals surface area contributed by atoms with Gasteiger partial charge in [-0.25, -0.2) is 4.79 Å². The molecule has 5 nitrogen and oxygen atoms in total. The van der Waals surface area contributed by atoms with Gasteiger partial charge in [0.2, 0.25) is 0 Å². The molecule has 5 rings (SSSR count). The maximum atomic E-state index is 12.9. The molecule has 0 saturated carbocycles. The van der Waals surface area contributed by atoms with E-state index in [1.54, 1.807) is 5.06 Å². The number of nitrogens with zero attached hydrogens (tertiary/aromatic N) is 2. The number of rotatable bonds is 3. The van der Waals surface area contributed by atoms with Gasteiger partial charge in [-0.05, 0) is 37.8 Å². The smallest absolute Gasteiger partial charge is 0.344 e. The number of fused-ring (bicyclic) bond motifs is 2. The molecule has 0 radical (unpaired) electrons. The van der Waals surface area contributed by atoms with Crippen LogP contribution in [0.5, 0.6) is 0 Å². The van der Waals surface area contributed by atoms with Gasteiger partial charge in [-0.1, -0.05) is 30.4 Å². The minimum Gasteiger partial charge on any atom is -0.383 e. The van der Waals surface area contributed by atoms with Gasteiger partial charge in [0.15, 0.2) is 0 Å². The minimum absolute atomic E-state index is 0.0291. The van der Waals surface area contributed by atoms with E-state index in [1.165, 1.54) is 0 Å². The summed E-state index contributed by atoms with van der Waals surface area (Å²) < 4.78 is 0. The van der Waals surface area contributed by atoms with Crippen LogP contribution in [0.3, 0.4) is 0 Å². The number of amides is 2. The van der Waals surface area contributed by atoms with Gasteiger partial charge in [-0.15, -0.1) is 0 Å². The third-order valence-corrected chi connectivity index (χ3v) is 4.97. The number of anilines is 1. The van der Waals surface area contributed by atoms with Crippen LogP contribution in [0.1, 0.15) is 25.7 Å². The quantitative estimate of drug-likeness (QED) is 0.873. The molecule has 2 fully saturated rings. The summed E-state index contributed by atoms with van der Waals surface area (Å²) in [4.78, 5) is 20.7. The van der Waals surface area contributed by atoms with Crippen molar-refractivity contribution < 1.29 is 9.63 Å². The molecule has 0 unspecified atom stereocenters. The molecule has 0 aromatic heterocycles. The summed E-state index contributed by atoms with van der Waals surface area (Å²) in [7, 11) is 0. The van der Waals surface area contributed by atoms with Crippen LogP contribution in [-0.2, 0) is 4.84 Å². The first kappa shape index (κ1) is 14.6. The molecular weight excluding hydrogens is 290 g/mol. The van der Waals surface area contributed by atoms with E-state index >= 15 is 0 Å². The molecule has 1 aromatic rings. The highest BCUT2D eigenvalue weighted by molar-refractivity contribution is 5.75. The van der Waals surface area contributed by atoms with Gasteiger partial charge in [0.1, 0.15) is 6.10 Å². The van der Waals surface area contributed by atoms with Crippen molar-refractivity contribution >= 4 is 11.7 Å². The standard InChI is InChI=1S/C18H23N3O2/c22-18(21-15-8-10-17(23-21)11-9-15)20-12-4-7-16(20)13-19-14-5-2-1-3-6-14/h1-3,5-6,8,10,15-17,19H,4,7,9,11-13H2/t15-,16+,17+/m1/s1. The Balaban J connectivity index is 1.39. The van der Waals surface area contributed by atoms with Crippen LogP contribution < -0.4 is 5.32 Å². The lowest BCUT2D eigenvalue weighted by atomic mass is 9.98. The van der Waals surface area contributed by atoms with E-state index in [9.17, 15) is 4.79 Å². The summed E-state index contributed by atoms with van der Waals surface area (Å²) >= 11 is 0. The number of carbonyl (C=O) groups excluding carboxylic acids is 1. The van der Waals surface area contributed by atoms with Gasteiger partial charge in [0, 0.05) is 18.8 Å². The predicted octanol–water partition coefficient (Wildman–Crippen LogP) is 3.02. The highest BCUT2D eigenvalue weighted by atomic mass is 16.7. The van der Waals surface area contributed by atoms with Gasteiger partial charge < -0.3 is 10.2 Å². The molecule has 122 valence electrons. The summed E-state index contributed by atoms with van der Waals surface area (Å²) in [6, 6.07) is 10.5. The van der Waals surface area contributed by atoms with E-state index in [1.807, 2.05) is 23.1 Å². The first-order valence-corrected chi connectivity index (χ1v) is 8.55. The van der Waals surface area contributed by atoms with Gasteiger partial charge in [0.25, 0.3) is 0 Å². The second kappa shape index (κ2) is 6.24. The minimum atomic E-state index is 0.0291. The third kappa shape index (κ3) is 2.93. The normalized spacial score (nSPS) is 29.1. The fourth-order valence-electron chi connectivity index (χ4n) is 3.69. The monoisotopic (exact) mass is 313 g/mol. The van der Waals surface area contributed by atoms with Crippen LogP contribution in [0, 0.1) is 0 Å². The number of hydrogen-bond acceptors (Lipinski definition) is 3. The number of nitrogens with one attached hydrogen (secondary N) is 1. The summed E-state index contributed by atoms with van der Waals surface area (Å²) in [5.41, 5.74) is 1.10. The molecule has 2 amide bonds. The van der Waals surface area contributed by atoms with Crippen LogP contribution in [0.2, 0.25) is 0 Å². The highest BCUT2D eigenvalue weighted by Crippen LogP contribution is 2.30. The number of likely N-dealkylation sites (tertiary alicyclic amines) is 1. The number of carbonyl (C=O) groups is 1. The van der Waals surface area contributed by atoms with Crippen LogP contribution in [0.4, 0.5) is 10.5 Å². The molecule has 3 heterocycles. The lowest BCUT2D eigenvalue weighted by Crippen LogP contribution is -2.55. The predicted molar refractivity (Wildman–Crippen MR) is 88.9 cm³/mol. The van der Waals surface area contributed by atoms with E-state index in [4.69, 9.17) is 4.84 Å². The SMILES string of the molecule is O=C(N1CCC[C@H]1CNc1ccccc1)N1O[C@H]2C=C[C@@H]1CC2. The molecular formula is C18H23N3O2. The number of para-hydroxylation sites is 1. The van der Waals surface area contributed by atoms with Crippen molar-refractivity contribution in [2.45, 2.75) is 43.9 Å². The van der Waals surface area contributed by atoms with Crippen molar-refractivity contribution in [1.29, 1.82) is 0 Å². The zero-order valence-electron chi connectivity index (χ0n) is 13.2. The van der Waals surface area contributed by atoms with Gasteiger partial charge >= 0.3 is 6.03 Å². The molecule has 1 aromatic carbocycles. The first-order valence-electron chi connectivity index (χ1n) is 8.55. The van der Waals surface area contributed by atoms with Crippen molar-refractivity contribution in [3.05, 3.63) is 42.5 Å². The van der Waals surface area contributed by atoms with Gasteiger partial charge in [-0.3, -0.25) is 4.84 Å². The van der Waals surface area contributed by atoms with Crippen LogP contribution >= 0.6 is 0 Å². The zero-order chi connectivity index (χ0) is 15.6. The molecule has 23 heavy (non-hydrogen) atoms. The molecule has 1 aliphatic carbocycles. The molecule has 2 saturated heterocycles. The number of hydroxylamine groups is 2. The van der Waals surface area contributed by atoms with Crippen molar-refractivity contribution in [2.75, 3.05) is 18.4 Å². The fourth-order valence-corrected chi connectivity index (χ4v) is 3.69. The molecule has 3 atom stereocenters. The number of hydrogen-bond donors (Lipinski definition) is 1. The molecule has 2 bridgehead atoms. The summed E-state index contributed by atoms with van der Waals surface area (Å²) in [5, 5.41) is 5.05. The van der Waals surface area contributed by atoms with E-state index in [0.717, 1.165) is 44.5 Å². The van der Waals surface area contributed by atoms with Gasteiger partial charge in [0.05, 0.1) is 12.1 Å². The topological polar surface area (TPSA) is 44.8 Å². The lowest BCUT2D eigenvalue weighted by Gasteiger charge is -2.42. The Morgan fingerprint density at radius 1 is 1.17 bits per heavy atom. The second-order valence-corrected chi connectivity index (χ2v) is 6.52. The van der Waals surface area contributed by atoms with Crippen molar-refractivity contribution in [1.82, 2.24) is 9.96 Å². The van der Waals surface area contributed by atoms with Gasteiger partial charge in [-0.2, -0.15) is 5.06 Å². The Morgan fingerprint density at radius 2 is 2.04 bits per heavy atom. The Labute approximate surface area is 136 Å². The maximum absolute atomic E-state index is 12.9. The van der Waals surface area contributed by atoms with Crippen LogP contribution in [0.15, 0.2) is 42.5 Å². The summed E-state index contributed by atoms with van der Waals surface area (Å²) in [6.07, 6.45) is 8.40. The molecule has 0 spiro atoms. The van der Waals surface area contributed by atoms with Crippen molar-refractivity contribution in [3.8, 4) is 0 Å². The Bertz CT molecular complexity index is 589. The van der Waals surface area contributed by atoms with Crippen molar-refractivity contribution in [3.63, 3.8) is 0 Å².